The van der Waals surface area contributed by atoms with E-state index < -0.39 is 63.8 Å². The van der Waals surface area contributed by atoms with Crippen LogP contribution in [0.15, 0.2) is 29.0 Å². The summed E-state index contributed by atoms with van der Waals surface area (Å²) in [5.74, 6) is -6.84. The summed E-state index contributed by atoms with van der Waals surface area (Å²) < 4.78 is 0. The Balaban J connectivity index is 1.98. The van der Waals surface area contributed by atoms with Crippen LogP contribution >= 0.6 is 0 Å². The van der Waals surface area contributed by atoms with Crippen molar-refractivity contribution >= 4 is 28.9 Å². The van der Waals surface area contributed by atoms with Crippen molar-refractivity contribution in [3.63, 3.8) is 0 Å². The van der Waals surface area contributed by atoms with Crippen LogP contribution in [0.1, 0.15) is 17.5 Å². The Bertz CT molecular complexity index is 1120. The smallest absolute Gasteiger partial charge is 0.255 e. The molecule has 1 saturated carbocycles. The van der Waals surface area contributed by atoms with Gasteiger partial charge in [0.05, 0.1) is 17.3 Å². The van der Waals surface area contributed by atoms with E-state index >= 15 is 0 Å². The summed E-state index contributed by atoms with van der Waals surface area (Å²) in [5.41, 5.74) is 7.85. The molecule has 0 bridgehead atoms. The molecular formula is C21H23N3O7. The number of anilines is 1. The SMILES string of the molecule is CN(C)C1C(=O)C(C(N)=O)=C(O)C2(O)C(=O)C3=C(O)c4c(ccc(N)c4O)CC3CC12. The minimum atomic E-state index is -2.64. The lowest BCUT2D eigenvalue weighted by atomic mass is 9.57. The third-order valence-corrected chi connectivity index (χ3v) is 6.62. The molecule has 1 amide bonds. The number of fused-ring (bicyclic) bond motifs is 3. The molecule has 0 heterocycles. The summed E-state index contributed by atoms with van der Waals surface area (Å²) in [6.07, 6.45) is 0.291. The van der Waals surface area contributed by atoms with E-state index in [9.17, 15) is 34.8 Å². The van der Waals surface area contributed by atoms with Crippen LogP contribution in [0.4, 0.5) is 5.69 Å². The number of nitrogen functional groups attached to an aromatic ring is 1. The van der Waals surface area contributed by atoms with Gasteiger partial charge in [0.25, 0.3) is 5.91 Å². The number of primary amides is 1. The number of nitrogens with zero attached hydrogens (tertiary/aromatic N) is 1. The van der Waals surface area contributed by atoms with Gasteiger partial charge >= 0.3 is 0 Å². The number of Topliss-reactive ketones (excluding diaryl/α,β-unsaturated/α-hetero) is 2. The number of hydrogen-bond acceptors (Lipinski definition) is 9. The van der Waals surface area contributed by atoms with Crippen molar-refractivity contribution in [3.05, 3.63) is 40.2 Å². The van der Waals surface area contributed by atoms with Gasteiger partial charge in [-0.2, -0.15) is 0 Å². The molecule has 0 aliphatic heterocycles. The Morgan fingerprint density at radius 3 is 2.42 bits per heavy atom. The zero-order chi connectivity index (χ0) is 23.0. The monoisotopic (exact) mass is 429 g/mol. The molecule has 8 N–H and O–H groups in total. The van der Waals surface area contributed by atoms with Crippen LogP contribution < -0.4 is 11.5 Å². The number of likely N-dealkylation sites (N-methyl/N-ethyl adjacent to an activating group) is 1. The zero-order valence-electron chi connectivity index (χ0n) is 16.9. The van der Waals surface area contributed by atoms with Crippen molar-refractivity contribution < 1.29 is 34.8 Å². The van der Waals surface area contributed by atoms with E-state index in [0.717, 1.165) is 0 Å². The first-order chi connectivity index (χ1) is 14.4. The zero-order valence-corrected chi connectivity index (χ0v) is 16.9. The number of aliphatic hydroxyl groups excluding tert-OH is 2. The lowest BCUT2D eigenvalue weighted by molar-refractivity contribution is -0.153. The van der Waals surface area contributed by atoms with Crippen LogP contribution in [0.2, 0.25) is 0 Å². The maximum Gasteiger partial charge on any atom is 0.255 e. The van der Waals surface area contributed by atoms with Crippen LogP contribution in [0.25, 0.3) is 5.76 Å². The van der Waals surface area contributed by atoms with Gasteiger partial charge < -0.3 is 31.9 Å². The van der Waals surface area contributed by atoms with Gasteiger partial charge in [0.2, 0.25) is 5.78 Å². The molecule has 0 saturated heterocycles. The number of benzene rings is 1. The summed E-state index contributed by atoms with van der Waals surface area (Å²) in [6.45, 7) is 0. The summed E-state index contributed by atoms with van der Waals surface area (Å²) in [5, 5.41) is 43.4. The fourth-order valence-corrected chi connectivity index (χ4v) is 5.23. The Morgan fingerprint density at radius 2 is 1.84 bits per heavy atom. The quantitative estimate of drug-likeness (QED) is 0.205. The first-order valence-corrected chi connectivity index (χ1v) is 9.68. The highest BCUT2D eigenvalue weighted by Crippen LogP contribution is 2.52. The molecule has 3 aliphatic carbocycles. The molecule has 1 fully saturated rings. The molecule has 4 unspecified atom stereocenters. The van der Waals surface area contributed by atoms with Crippen LogP contribution in [0, 0.1) is 11.8 Å². The fraction of sp³-hybridized carbons (Fsp3) is 0.381. The fourth-order valence-electron chi connectivity index (χ4n) is 5.23. The number of carbonyl (C=O) groups is 3. The summed E-state index contributed by atoms with van der Waals surface area (Å²) >= 11 is 0. The van der Waals surface area contributed by atoms with Crippen molar-refractivity contribution in [3.8, 4) is 5.75 Å². The molecule has 31 heavy (non-hydrogen) atoms. The second-order valence-electron chi connectivity index (χ2n) is 8.50. The van der Waals surface area contributed by atoms with E-state index in [0.29, 0.717) is 5.56 Å². The van der Waals surface area contributed by atoms with Crippen LogP contribution in [0.3, 0.4) is 0 Å². The number of aromatic hydroxyl groups is 1. The topological polar surface area (TPSA) is 187 Å². The van der Waals surface area contributed by atoms with Gasteiger partial charge in [0.15, 0.2) is 11.4 Å². The van der Waals surface area contributed by atoms with Gasteiger partial charge in [-0.3, -0.25) is 19.3 Å². The van der Waals surface area contributed by atoms with E-state index in [1.807, 2.05) is 0 Å². The molecule has 1 aromatic rings. The number of amides is 1. The summed E-state index contributed by atoms with van der Waals surface area (Å²) in [7, 11) is 3.10. The van der Waals surface area contributed by atoms with Crippen molar-refractivity contribution in [2.45, 2.75) is 24.5 Å². The average molecular weight is 429 g/mol. The van der Waals surface area contributed by atoms with Gasteiger partial charge in [0, 0.05) is 11.5 Å². The van der Waals surface area contributed by atoms with Crippen LogP contribution in [0.5, 0.6) is 5.75 Å². The molecule has 0 spiro atoms. The van der Waals surface area contributed by atoms with Crippen molar-refractivity contribution in [1.29, 1.82) is 0 Å². The Morgan fingerprint density at radius 1 is 1.19 bits per heavy atom. The van der Waals surface area contributed by atoms with Gasteiger partial charge in [-0.15, -0.1) is 0 Å². The minimum Gasteiger partial charge on any atom is -0.508 e. The van der Waals surface area contributed by atoms with E-state index in [1.165, 1.54) is 11.0 Å². The van der Waals surface area contributed by atoms with Crippen LogP contribution in [-0.4, -0.2) is 68.5 Å². The van der Waals surface area contributed by atoms with Gasteiger partial charge in [-0.05, 0) is 44.5 Å². The number of nitrogens with two attached hydrogens (primary N) is 2. The Hall–Kier alpha value is -3.37. The second kappa shape index (κ2) is 6.56. The molecule has 3 aliphatic rings. The van der Waals surface area contributed by atoms with Crippen molar-refractivity contribution in [2.24, 2.45) is 17.6 Å². The number of phenols is 1. The van der Waals surface area contributed by atoms with Crippen molar-refractivity contribution in [1.82, 2.24) is 4.90 Å². The third-order valence-electron chi connectivity index (χ3n) is 6.62. The Labute approximate surface area is 177 Å². The predicted molar refractivity (Wildman–Crippen MR) is 109 cm³/mol. The molecule has 0 radical (unpaired) electrons. The molecule has 10 nitrogen and oxygen atoms in total. The molecule has 164 valence electrons. The summed E-state index contributed by atoms with van der Waals surface area (Å²) in [6, 6.07) is 2.01. The van der Waals surface area contributed by atoms with E-state index in [4.69, 9.17) is 11.5 Å². The maximum atomic E-state index is 13.5. The van der Waals surface area contributed by atoms with E-state index in [2.05, 4.69) is 0 Å². The molecule has 4 atom stereocenters. The number of carbonyl (C=O) groups excluding carboxylic acids is 3. The number of aliphatic hydroxyl groups is 3. The Kier molecular flexibility index (Phi) is 4.42. The number of phenolic OH excluding ortho intramolecular Hbond substituents is 1. The highest BCUT2D eigenvalue weighted by atomic mass is 16.3. The lowest BCUT2D eigenvalue weighted by Gasteiger charge is -2.50. The first kappa shape index (κ1) is 20.9. The number of hydrogen-bond donors (Lipinski definition) is 6. The normalized spacial score (nSPS) is 30.3. The largest absolute Gasteiger partial charge is 0.508 e. The summed E-state index contributed by atoms with van der Waals surface area (Å²) in [4.78, 5) is 39.8. The lowest BCUT2D eigenvalue weighted by Crippen LogP contribution is -2.65. The minimum absolute atomic E-state index is 0.00103. The van der Waals surface area contributed by atoms with Gasteiger partial charge in [0.1, 0.15) is 22.8 Å². The van der Waals surface area contributed by atoms with Crippen LogP contribution in [-0.2, 0) is 20.8 Å². The predicted octanol–water partition coefficient (Wildman–Crippen LogP) is -0.454. The molecule has 4 rings (SSSR count). The van der Waals surface area contributed by atoms with E-state index in [1.54, 1.807) is 20.2 Å². The van der Waals surface area contributed by atoms with Gasteiger partial charge in [-0.25, -0.2) is 0 Å². The highest BCUT2D eigenvalue weighted by molar-refractivity contribution is 6.24. The maximum absolute atomic E-state index is 13.5. The number of ketones is 2. The second-order valence-corrected chi connectivity index (χ2v) is 8.50. The molecule has 10 heteroatoms. The standard InChI is InChI=1S/C21H23N3O7/c1-24(2)14-9-6-8-5-7-3-4-10(22)15(25)11(7)16(26)12(8)18(28)21(9,31)19(29)13(17(14)27)20(23)30/h3-4,8-9,14,25-26,29,31H,5-6,22H2,1-2H3,(H2,23,30). The first-order valence-electron chi connectivity index (χ1n) is 9.68. The molecule has 0 aromatic heterocycles. The number of rotatable bonds is 2. The molecule has 1 aromatic carbocycles. The third kappa shape index (κ3) is 2.55. The molecular weight excluding hydrogens is 406 g/mol. The highest BCUT2D eigenvalue weighted by Gasteiger charge is 2.64. The van der Waals surface area contributed by atoms with E-state index in [-0.39, 0.29) is 29.7 Å². The average Bonchev–Trinajstić information content (AvgIpc) is 2.67. The van der Waals surface area contributed by atoms with Crippen molar-refractivity contribution in [2.75, 3.05) is 19.8 Å². The van der Waals surface area contributed by atoms with Gasteiger partial charge in [-0.1, -0.05) is 6.07 Å².